The second-order valence-electron chi connectivity index (χ2n) is 4.93. The molecule has 1 unspecified atom stereocenters. The van der Waals surface area contributed by atoms with E-state index in [4.69, 9.17) is 4.42 Å². The maximum Gasteiger partial charge on any atom is 0.258 e. The van der Waals surface area contributed by atoms with Gasteiger partial charge in [-0.25, -0.2) is 0 Å². The van der Waals surface area contributed by atoms with Crippen molar-refractivity contribution in [3.63, 3.8) is 0 Å². The van der Waals surface area contributed by atoms with Gasteiger partial charge in [0.15, 0.2) is 0 Å². The molecule has 0 aromatic carbocycles. The molecule has 2 aromatic heterocycles. The van der Waals surface area contributed by atoms with Gasteiger partial charge in [-0.05, 0) is 31.0 Å². The molecule has 0 bridgehead atoms. The molecule has 112 valence electrons. The first-order chi connectivity index (χ1) is 10.2. The summed E-state index contributed by atoms with van der Waals surface area (Å²) in [5.74, 6) is 0.454. The molecule has 2 aromatic rings. The number of amides is 1. The van der Waals surface area contributed by atoms with Crippen LogP contribution in [0.4, 0.5) is 0 Å². The fourth-order valence-electron chi connectivity index (χ4n) is 2.26. The van der Waals surface area contributed by atoms with Crippen LogP contribution >= 0.6 is 0 Å². The van der Waals surface area contributed by atoms with Crippen LogP contribution in [-0.2, 0) is 6.54 Å². The fourth-order valence-corrected chi connectivity index (χ4v) is 2.26. The maximum absolute atomic E-state index is 12.7. The average Bonchev–Trinajstić information content (AvgIpc) is 2.94. The van der Waals surface area contributed by atoms with Gasteiger partial charge in [0.25, 0.3) is 5.91 Å². The monoisotopic (exact) mass is 288 g/mol. The molecule has 0 radical (unpaired) electrons. The van der Waals surface area contributed by atoms with Crippen molar-refractivity contribution in [1.29, 1.82) is 0 Å². The number of aryl methyl sites for hydroxylation is 1. The van der Waals surface area contributed by atoms with Crippen LogP contribution in [0.15, 0.2) is 41.3 Å². The first-order valence-electron chi connectivity index (χ1n) is 7.02. The number of carbonyl (C=O) groups excluding carboxylic acids is 1. The van der Waals surface area contributed by atoms with E-state index in [2.05, 4.69) is 4.98 Å². The molecule has 0 aliphatic rings. The van der Waals surface area contributed by atoms with E-state index in [9.17, 15) is 9.90 Å². The molecule has 2 rings (SSSR count). The number of hydrogen-bond acceptors (Lipinski definition) is 4. The van der Waals surface area contributed by atoms with Crippen molar-refractivity contribution in [3.8, 4) is 0 Å². The van der Waals surface area contributed by atoms with Gasteiger partial charge in [-0.1, -0.05) is 13.0 Å². The van der Waals surface area contributed by atoms with Gasteiger partial charge in [-0.2, -0.15) is 0 Å². The van der Waals surface area contributed by atoms with Crippen molar-refractivity contribution in [2.24, 2.45) is 0 Å². The van der Waals surface area contributed by atoms with Crippen LogP contribution in [0.25, 0.3) is 0 Å². The zero-order chi connectivity index (χ0) is 15.2. The van der Waals surface area contributed by atoms with Crippen molar-refractivity contribution in [3.05, 3.63) is 53.7 Å². The molecule has 0 saturated carbocycles. The summed E-state index contributed by atoms with van der Waals surface area (Å²) in [6, 6.07) is 5.19. The number of pyridine rings is 1. The Labute approximate surface area is 124 Å². The van der Waals surface area contributed by atoms with Crippen molar-refractivity contribution in [2.75, 3.05) is 6.61 Å². The minimum atomic E-state index is -0.230. The smallest absolute Gasteiger partial charge is 0.258 e. The Kier molecular flexibility index (Phi) is 5.11. The number of furan rings is 1. The van der Waals surface area contributed by atoms with Crippen LogP contribution in [0.2, 0.25) is 0 Å². The lowest BCUT2D eigenvalue weighted by atomic mass is 10.1. The van der Waals surface area contributed by atoms with E-state index in [0.29, 0.717) is 24.3 Å². The zero-order valence-electron chi connectivity index (χ0n) is 12.3. The average molecular weight is 288 g/mol. The van der Waals surface area contributed by atoms with Gasteiger partial charge in [0.2, 0.25) is 0 Å². The second-order valence-corrected chi connectivity index (χ2v) is 4.93. The van der Waals surface area contributed by atoms with E-state index in [0.717, 1.165) is 5.56 Å². The molecular weight excluding hydrogens is 268 g/mol. The van der Waals surface area contributed by atoms with Gasteiger partial charge in [0, 0.05) is 18.9 Å². The number of nitrogens with zero attached hydrogens (tertiary/aromatic N) is 2. The lowest BCUT2D eigenvalue weighted by Gasteiger charge is -2.30. The molecule has 1 amide bonds. The Bertz CT molecular complexity index is 576. The molecule has 21 heavy (non-hydrogen) atoms. The summed E-state index contributed by atoms with van der Waals surface area (Å²) in [4.78, 5) is 18.5. The van der Waals surface area contributed by atoms with Crippen LogP contribution in [-0.4, -0.2) is 33.5 Å². The standard InChI is InChI=1S/C16H20N2O3/c1-3-14(11-19)18(10-13-5-4-7-17-9-13)16(20)15-6-8-21-12(15)2/h4-9,14,19H,3,10-11H2,1-2H3. The third kappa shape index (κ3) is 3.49. The molecule has 0 aliphatic carbocycles. The predicted octanol–water partition coefficient (Wildman–Crippen LogP) is 2.40. The van der Waals surface area contributed by atoms with Crippen molar-refractivity contribution in [2.45, 2.75) is 32.9 Å². The van der Waals surface area contributed by atoms with Gasteiger partial charge >= 0.3 is 0 Å². The summed E-state index contributed by atoms with van der Waals surface area (Å²) in [6.45, 7) is 4.05. The molecule has 5 nitrogen and oxygen atoms in total. The third-order valence-electron chi connectivity index (χ3n) is 3.55. The number of hydrogen-bond donors (Lipinski definition) is 1. The van der Waals surface area contributed by atoms with Gasteiger partial charge in [0.1, 0.15) is 5.76 Å². The molecule has 0 saturated heterocycles. The molecule has 2 heterocycles. The first kappa shape index (κ1) is 15.3. The molecule has 1 N–H and O–H groups in total. The topological polar surface area (TPSA) is 66.6 Å². The highest BCUT2D eigenvalue weighted by atomic mass is 16.3. The quantitative estimate of drug-likeness (QED) is 0.886. The largest absolute Gasteiger partial charge is 0.469 e. The summed E-state index contributed by atoms with van der Waals surface area (Å²) < 4.78 is 5.21. The highest BCUT2D eigenvalue weighted by Gasteiger charge is 2.25. The normalized spacial score (nSPS) is 12.1. The minimum Gasteiger partial charge on any atom is -0.469 e. The number of aromatic nitrogens is 1. The lowest BCUT2D eigenvalue weighted by molar-refractivity contribution is 0.0562. The summed E-state index contributed by atoms with van der Waals surface area (Å²) >= 11 is 0. The Morgan fingerprint density at radius 3 is 2.81 bits per heavy atom. The number of aliphatic hydroxyl groups is 1. The molecule has 5 heteroatoms. The van der Waals surface area contributed by atoms with E-state index >= 15 is 0 Å². The summed E-state index contributed by atoms with van der Waals surface area (Å²) in [5, 5.41) is 9.56. The van der Waals surface area contributed by atoms with Gasteiger partial charge in [-0.15, -0.1) is 0 Å². The minimum absolute atomic E-state index is 0.0700. The van der Waals surface area contributed by atoms with E-state index < -0.39 is 0 Å². The fraction of sp³-hybridized carbons (Fsp3) is 0.375. The van der Waals surface area contributed by atoms with Gasteiger partial charge in [-0.3, -0.25) is 9.78 Å². The van der Waals surface area contributed by atoms with E-state index in [1.54, 1.807) is 30.3 Å². The summed E-state index contributed by atoms with van der Waals surface area (Å²) in [6.07, 6.45) is 5.61. The van der Waals surface area contributed by atoms with Crippen molar-refractivity contribution < 1.29 is 14.3 Å². The summed E-state index contributed by atoms with van der Waals surface area (Å²) in [5.41, 5.74) is 1.46. The maximum atomic E-state index is 12.7. The first-order valence-corrected chi connectivity index (χ1v) is 7.02. The SMILES string of the molecule is CCC(CO)N(Cc1cccnc1)C(=O)c1ccoc1C. The van der Waals surface area contributed by atoms with Crippen LogP contribution in [0, 0.1) is 6.92 Å². The van der Waals surface area contributed by atoms with Crippen LogP contribution in [0.5, 0.6) is 0 Å². The second kappa shape index (κ2) is 7.04. The van der Waals surface area contributed by atoms with Crippen molar-refractivity contribution >= 4 is 5.91 Å². The van der Waals surface area contributed by atoms with Crippen LogP contribution < -0.4 is 0 Å². The number of aliphatic hydroxyl groups excluding tert-OH is 1. The Morgan fingerprint density at radius 1 is 1.48 bits per heavy atom. The summed E-state index contributed by atoms with van der Waals surface area (Å²) in [7, 11) is 0. The van der Waals surface area contributed by atoms with Crippen LogP contribution in [0.3, 0.4) is 0 Å². The Balaban J connectivity index is 2.28. The predicted molar refractivity (Wildman–Crippen MR) is 78.7 cm³/mol. The lowest BCUT2D eigenvalue weighted by Crippen LogP contribution is -2.41. The molecule has 1 atom stereocenters. The third-order valence-corrected chi connectivity index (χ3v) is 3.55. The van der Waals surface area contributed by atoms with Crippen LogP contribution in [0.1, 0.15) is 35.0 Å². The Hall–Kier alpha value is -2.14. The van der Waals surface area contributed by atoms with Crippen molar-refractivity contribution in [1.82, 2.24) is 9.88 Å². The highest BCUT2D eigenvalue weighted by Crippen LogP contribution is 2.18. The molecule has 0 fully saturated rings. The van der Waals surface area contributed by atoms with E-state index in [1.165, 1.54) is 6.26 Å². The molecule has 0 spiro atoms. The highest BCUT2D eigenvalue weighted by molar-refractivity contribution is 5.95. The Morgan fingerprint density at radius 2 is 2.29 bits per heavy atom. The van der Waals surface area contributed by atoms with E-state index in [1.807, 2.05) is 19.1 Å². The number of carbonyl (C=O) groups is 1. The number of rotatable bonds is 6. The zero-order valence-corrected chi connectivity index (χ0v) is 12.3. The van der Waals surface area contributed by atoms with E-state index in [-0.39, 0.29) is 18.6 Å². The van der Waals surface area contributed by atoms with Gasteiger partial charge in [0.05, 0.1) is 24.5 Å². The molecule has 0 aliphatic heterocycles. The van der Waals surface area contributed by atoms with Gasteiger partial charge < -0.3 is 14.4 Å². The molecular formula is C16H20N2O3.